The van der Waals surface area contributed by atoms with Crippen LogP contribution >= 0.6 is 0 Å². The SMILES string of the molecule is O=C(O)COc1cc(N2CCC(NS(=O)(=O)c3ccc(O)cc3)CC2)ccc1[N+](=O)[O-]. The van der Waals surface area contributed by atoms with Gasteiger partial charge in [0.2, 0.25) is 10.0 Å². The molecule has 11 nitrogen and oxygen atoms in total. The van der Waals surface area contributed by atoms with Crippen LogP contribution in [0.1, 0.15) is 12.8 Å². The highest BCUT2D eigenvalue weighted by Gasteiger charge is 2.26. The van der Waals surface area contributed by atoms with E-state index in [2.05, 4.69) is 4.72 Å². The van der Waals surface area contributed by atoms with Gasteiger partial charge in [0, 0.05) is 37.0 Å². The van der Waals surface area contributed by atoms with E-state index in [-0.39, 0.29) is 28.1 Å². The van der Waals surface area contributed by atoms with Gasteiger partial charge in [0.05, 0.1) is 9.82 Å². The van der Waals surface area contributed by atoms with Crippen LogP contribution in [0.25, 0.3) is 0 Å². The smallest absolute Gasteiger partial charge is 0.341 e. The predicted molar refractivity (Wildman–Crippen MR) is 110 cm³/mol. The molecule has 0 aromatic heterocycles. The Kier molecular flexibility index (Phi) is 6.61. The molecular formula is C19H21N3O8S. The summed E-state index contributed by atoms with van der Waals surface area (Å²) < 4.78 is 32.7. The number of aromatic hydroxyl groups is 1. The van der Waals surface area contributed by atoms with Crippen molar-refractivity contribution < 1.29 is 33.1 Å². The lowest BCUT2D eigenvalue weighted by atomic mass is 10.1. The minimum absolute atomic E-state index is 0.0259. The number of sulfonamides is 1. The van der Waals surface area contributed by atoms with E-state index in [9.17, 15) is 28.4 Å². The summed E-state index contributed by atoms with van der Waals surface area (Å²) in [6.45, 7) is 0.267. The van der Waals surface area contributed by atoms with Gasteiger partial charge in [0.25, 0.3) is 0 Å². The maximum Gasteiger partial charge on any atom is 0.341 e. The Morgan fingerprint density at radius 3 is 2.42 bits per heavy atom. The molecule has 3 N–H and O–H groups in total. The van der Waals surface area contributed by atoms with Crippen molar-refractivity contribution in [3.8, 4) is 11.5 Å². The number of carbonyl (C=O) groups is 1. The van der Waals surface area contributed by atoms with Crippen molar-refractivity contribution in [3.63, 3.8) is 0 Å². The largest absolute Gasteiger partial charge is 0.508 e. The molecule has 166 valence electrons. The molecule has 2 aromatic rings. The molecule has 0 radical (unpaired) electrons. The minimum atomic E-state index is -3.73. The number of nitro groups is 1. The van der Waals surface area contributed by atoms with E-state index >= 15 is 0 Å². The van der Waals surface area contributed by atoms with Crippen LogP contribution in [0, 0.1) is 10.1 Å². The van der Waals surface area contributed by atoms with E-state index in [1.807, 2.05) is 4.90 Å². The Bertz CT molecular complexity index is 1060. The standard InChI is InChI=1S/C19H21N3O8S/c23-15-2-4-16(5-3-15)31(28,29)20-13-7-9-21(10-8-13)14-1-6-17(22(26)27)18(11-14)30-12-19(24)25/h1-6,11,13,20,23H,7-10,12H2,(H,24,25). The molecule has 0 bridgehead atoms. The number of hydrogen-bond donors (Lipinski definition) is 3. The Hall–Kier alpha value is -3.38. The van der Waals surface area contributed by atoms with Gasteiger partial charge in [-0.05, 0) is 43.2 Å². The second-order valence-electron chi connectivity index (χ2n) is 6.97. The van der Waals surface area contributed by atoms with Gasteiger partial charge >= 0.3 is 11.7 Å². The van der Waals surface area contributed by atoms with Crippen molar-refractivity contribution in [3.05, 3.63) is 52.6 Å². The Morgan fingerprint density at radius 1 is 1.19 bits per heavy atom. The number of phenols is 1. The fourth-order valence-electron chi connectivity index (χ4n) is 3.27. The number of piperidine rings is 1. The zero-order chi connectivity index (χ0) is 22.6. The maximum absolute atomic E-state index is 12.5. The Balaban J connectivity index is 1.66. The Morgan fingerprint density at radius 2 is 1.84 bits per heavy atom. The van der Waals surface area contributed by atoms with Gasteiger partial charge < -0.3 is 19.8 Å². The van der Waals surface area contributed by atoms with Crippen LogP contribution in [0.4, 0.5) is 11.4 Å². The fourth-order valence-corrected chi connectivity index (χ4v) is 4.58. The molecule has 1 aliphatic heterocycles. The number of nitrogens with zero attached hydrogens (tertiary/aromatic N) is 2. The molecule has 0 amide bonds. The fraction of sp³-hybridized carbons (Fsp3) is 0.316. The highest BCUT2D eigenvalue weighted by Crippen LogP contribution is 2.33. The van der Waals surface area contributed by atoms with Crippen LogP contribution in [0.5, 0.6) is 11.5 Å². The van der Waals surface area contributed by atoms with E-state index in [1.165, 1.54) is 36.4 Å². The number of carboxylic acid groups (broad SMARTS) is 1. The molecule has 0 unspecified atom stereocenters. The van der Waals surface area contributed by atoms with Crippen molar-refractivity contribution in [1.29, 1.82) is 0 Å². The van der Waals surface area contributed by atoms with Crippen LogP contribution in [0.3, 0.4) is 0 Å². The quantitative estimate of drug-likeness (QED) is 0.401. The molecule has 0 atom stereocenters. The molecule has 0 spiro atoms. The zero-order valence-electron chi connectivity index (χ0n) is 16.3. The van der Waals surface area contributed by atoms with Crippen molar-refractivity contribution in [2.75, 3.05) is 24.6 Å². The number of rotatable bonds is 8. The molecule has 0 aliphatic carbocycles. The van der Waals surface area contributed by atoms with E-state index in [0.717, 1.165) is 0 Å². The van der Waals surface area contributed by atoms with Crippen LogP contribution in [0.2, 0.25) is 0 Å². The number of hydrogen-bond acceptors (Lipinski definition) is 8. The average molecular weight is 451 g/mol. The third kappa shape index (κ3) is 5.61. The van der Waals surface area contributed by atoms with Gasteiger partial charge in [-0.25, -0.2) is 17.9 Å². The molecule has 3 rings (SSSR count). The lowest BCUT2D eigenvalue weighted by molar-refractivity contribution is -0.385. The van der Waals surface area contributed by atoms with Crippen LogP contribution < -0.4 is 14.4 Å². The first-order valence-electron chi connectivity index (χ1n) is 9.35. The maximum atomic E-state index is 12.5. The first-order chi connectivity index (χ1) is 14.7. The molecule has 31 heavy (non-hydrogen) atoms. The number of aliphatic carboxylic acids is 1. The summed E-state index contributed by atoms with van der Waals surface area (Å²) in [5.41, 5.74) is 0.285. The third-order valence-electron chi connectivity index (χ3n) is 4.82. The lowest BCUT2D eigenvalue weighted by Gasteiger charge is -2.34. The molecule has 2 aromatic carbocycles. The second-order valence-corrected chi connectivity index (χ2v) is 8.68. The number of benzene rings is 2. The molecule has 1 aliphatic rings. The highest BCUT2D eigenvalue weighted by molar-refractivity contribution is 7.89. The van der Waals surface area contributed by atoms with Crippen molar-refractivity contribution in [2.24, 2.45) is 0 Å². The lowest BCUT2D eigenvalue weighted by Crippen LogP contribution is -2.44. The van der Waals surface area contributed by atoms with Crippen molar-refractivity contribution >= 4 is 27.4 Å². The summed E-state index contributed by atoms with van der Waals surface area (Å²) in [4.78, 5) is 23.2. The van der Waals surface area contributed by atoms with E-state index < -0.39 is 27.5 Å². The van der Waals surface area contributed by atoms with Gasteiger partial charge in [-0.2, -0.15) is 0 Å². The number of anilines is 1. The number of phenolic OH excluding ortho intramolecular Hbond substituents is 1. The summed E-state index contributed by atoms with van der Waals surface area (Å²) in [5.74, 6) is -1.41. The van der Waals surface area contributed by atoms with Crippen LogP contribution in [-0.2, 0) is 14.8 Å². The first-order valence-corrected chi connectivity index (χ1v) is 10.8. The molecule has 1 fully saturated rings. The summed E-state index contributed by atoms with van der Waals surface area (Å²) in [5, 5.41) is 29.2. The van der Waals surface area contributed by atoms with Gasteiger partial charge in [0.15, 0.2) is 12.4 Å². The highest BCUT2D eigenvalue weighted by atomic mass is 32.2. The van der Waals surface area contributed by atoms with Gasteiger partial charge in [-0.15, -0.1) is 0 Å². The molecule has 1 heterocycles. The van der Waals surface area contributed by atoms with Crippen molar-refractivity contribution in [2.45, 2.75) is 23.8 Å². The van der Waals surface area contributed by atoms with E-state index in [0.29, 0.717) is 31.6 Å². The Labute approximate surface area is 178 Å². The predicted octanol–water partition coefficient (Wildman–Crippen LogP) is 1.71. The third-order valence-corrected chi connectivity index (χ3v) is 6.36. The normalized spacial score (nSPS) is 14.9. The summed E-state index contributed by atoms with van der Waals surface area (Å²) in [7, 11) is -3.73. The summed E-state index contributed by atoms with van der Waals surface area (Å²) in [6, 6.07) is 9.17. The van der Waals surface area contributed by atoms with Crippen LogP contribution in [-0.4, -0.2) is 55.3 Å². The number of carboxylic acids is 1. The van der Waals surface area contributed by atoms with Gasteiger partial charge in [0.1, 0.15) is 5.75 Å². The van der Waals surface area contributed by atoms with E-state index in [4.69, 9.17) is 9.84 Å². The minimum Gasteiger partial charge on any atom is -0.508 e. The molecule has 0 saturated carbocycles. The van der Waals surface area contributed by atoms with Crippen LogP contribution in [0.15, 0.2) is 47.4 Å². The molecule has 1 saturated heterocycles. The van der Waals surface area contributed by atoms with Crippen molar-refractivity contribution in [1.82, 2.24) is 4.72 Å². The van der Waals surface area contributed by atoms with Gasteiger partial charge in [-0.1, -0.05) is 0 Å². The molecular weight excluding hydrogens is 430 g/mol. The number of ether oxygens (including phenoxy) is 1. The first kappa shape index (κ1) is 22.3. The summed E-state index contributed by atoms with van der Waals surface area (Å²) in [6.07, 6.45) is 0.999. The number of nitro benzene ring substituents is 1. The second kappa shape index (κ2) is 9.18. The summed E-state index contributed by atoms with van der Waals surface area (Å²) >= 11 is 0. The monoisotopic (exact) mass is 451 g/mol. The average Bonchev–Trinajstić information content (AvgIpc) is 2.72. The number of nitrogens with one attached hydrogen (secondary N) is 1. The zero-order valence-corrected chi connectivity index (χ0v) is 17.1. The van der Waals surface area contributed by atoms with E-state index in [1.54, 1.807) is 6.07 Å². The topological polar surface area (TPSA) is 159 Å². The van der Waals surface area contributed by atoms with Gasteiger partial charge in [-0.3, -0.25) is 10.1 Å². The molecule has 12 heteroatoms.